The predicted octanol–water partition coefficient (Wildman–Crippen LogP) is 21.0. The number of nitrogens with zero attached hydrogens (tertiary/aromatic N) is 2. The lowest BCUT2D eigenvalue weighted by Crippen LogP contribution is -2.36. The molecule has 4 heteroatoms. The highest BCUT2D eigenvalue weighted by molar-refractivity contribution is 6.57. The van der Waals surface area contributed by atoms with Gasteiger partial charge in [0.05, 0.1) is 21.1 Å². The van der Waals surface area contributed by atoms with Gasteiger partial charge in [0.1, 0.15) is 5.75 Å². The van der Waals surface area contributed by atoms with Crippen molar-refractivity contribution in [3.05, 3.63) is 252 Å². The second kappa shape index (κ2) is 24.2. The van der Waals surface area contributed by atoms with Gasteiger partial charge in [-0.05, 0) is 211 Å². The minimum absolute atomic E-state index is 0.124. The summed E-state index contributed by atoms with van der Waals surface area (Å²) in [6.45, 7) is 17.8. The molecule has 0 radical (unpaired) electrons. The standard InChI is InChI=1S/C80H90N2OSi/c1-7-56-24-28-60(29-25-56)62-36-48-77-73(52-62)74-53-63(37-49-78(74)82(77)66-20-13-10-14-21-66)61-34-42-68(43-35-61)81(67-40-32-59(33-41-67)58-30-38-64(39-31-58)79(3,4)5)69-44-47-72-71-22-15-16-23-75(71)80(76(72)54-69,65-18-11-9-12-19-65)50-17-51-84(6)55-83-70-45-26-57(8-2)27-46-70/h7-9,11-12,15-16,18-20,22-24,26-28,30,32-35,37,40-43,45-49,53-54,56,60,62,64,69,71,73,75,84H,1-2,10,13-14,17,21,25,29,31,36,38-39,44,50-52,55H2,3-6H3/t56?,60?,62?,64-,69?,71?,73?,75?,80?,84?/m0/s1. The Bertz CT molecular complexity index is 3470. The third-order valence-electron chi connectivity index (χ3n) is 21.3. The Morgan fingerprint density at radius 1 is 0.738 bits per heavy atom. The number of fused-ring (bicyclic) bond motifs is 6. The maximum Gasteiger partial charge on any atom is 0.118 e. The first-order valence-electron chi connectivity index (χ1n) is 32.6. The Labute approximate surface area is 506 Å². The highest BCUT2D eigenvalue weighted by atomic mass is 28.3. The molecule has 0 N–H and O–H groups in total. The van der Waals surface area contributed by atoms with Crippen LogP contribution in [0, 0.1) is 40.9 Å². The van der Waals surface area contributed by atoms with Crippen LogP contribution in [0.5, 0.6) is 5.75 Å². The summed E-state index contributed by atoms with van der Waals surface area (Å²) in [5.74, 6) is 4.65. The summed E-state index contributed by atoms with van der Waals surface area (Å²) >= 11 is 0. The highest BCUT2D eigenvalue weighted by Gasteiger charge is 2.54. The summed E-state index contributed by atoms with van der Waals surface area (Å²) in [7, 11) is -1.18. The van der Waals surface area contributed by atoms with Gasteiger partial charge >= 0.3 is 0 Å². The monoisotopic (exact) mass is 1120 g/mol. The average Bonchev–Trinajstić information content (AvgIpc) is 1.94. The van der Waals surface area contributed by atoms with Crippen LogP contribution in [-0.4, -0.2) is 21.1 Å². The minimum atomic E-state index is -1.18. The topological polar surface area (TPSA) is 15.7 Å². The maximum absolute atomic E-state index is 6.44. The van der Waals surface area contributed by atoms with Gasteiger partial charge in [-0.2, -0.15) is 0 Å². The van der Waals surface area contributed by atoms with E-state index < -0.39 is 8.80 Å². The fraction of sp³-hybridized carbons (Fsp3) is 0.375. The second-order valence-electron chi connectivity index (χ2n) is 27.3. The highest BCUT2D eigenvalue weighted by Crippen LogP contribution is 2.61. The molecule has 13 rings (SSSR count). The van der Waals surface area contributed by atoms with Crippen molar-refractivity contribution in [1.82, 2.24) is 0 Å². The van der Waals surface area contributed by atoms with Gasteiger partial charge in [-0.15, -0.1) is 6.58 Å². The summed E-state index contributed by atoms with van der Waals surface area (Å²) in [6.07, 6.45) is 49.3. The molecule has 1 fully saturated rings. The van der Waals surface area contributed by atoms with E-state index in [-0.39, 0.29) is 11.5 Å². The van der Waals surface area contributed by atoms with E-state index in [1.807, 2.05) is 6.08 Å². The molecule has 1 saturated carbocycles. The lowest BCUT2D eigenvalue weighted by Gasteiger charge is -2.40. The molecule has 1 heterocycles. The van der Waals surface area contributed by atoms with Crippen molar-refractivity contribution < 1.29 is 4.74 Å². The number of hydrogen-bond acceptors (Lipinski definition) is 3. The molecule has 5 aromatic carbocycles. The van der Waals surface area contributed by atoms with Crippen molar-refractivity contribution in [2.75, 3.05) is 16.0 Å². The van der Waals surface area contributed by atoms with Crippen LogP contribution in [0.25, 0.3) is 22.8 Å². The van der Waals surface area contributed by atoms with E-state index in [0.717, 1.165) is 49.1 Å². The number of allylic oxidation sites excluding steroid dienone is 15. The van der Waals surface area contributed by atoms with Gasteiger partial charge in [0, 0.05) is 51.6 Å². The molecule has 10 atom stereocenters. The molecule has 7 aliphatic carbocycles. The smallest absolute Gasteiger partial charge is 0.118 e. The van der Waals surface area contributed by atoms with E-state index in [0.29, 0.717) is 40.9 Å². The summed E-state index contributed by atoms with van der Waals surface area (Å²) in [5.41, 5.74) is 19.8. The van der Waals surface area contributed by atoms with Crippen molar-refractivity contribution in [2.24, 2.45) is 40.9 Å². The van der Waals surface area contributed by atoms with Gasteiger partial charge in [0.15, 0.2) is 0 Å². The molecule has 0 bridgehead atoms. The normalized spacial score (nSPS) is 27.2. The number of benzene rings is 5. The third-order valence-corrected chi connectivity index (χ3v) is 23.4. The van der Waals surface area contributed by atoms with E-state index >= 15 is 0 Å². The predicted molar refractivity (Wildman–Crippen MR) is 360 cm³/mol. The molecule has 8 aliphatic rings. The van der Waals surface area contributed by atoms with E-state index in [9.17, 15) is 0 Å². The van der Waals surface area contributed by atoms with Crippen LogP contribution >= 0.6 is 0 Å². The summed E-state index contributed by atoms with van der Waals surface area (Å²) < 4.78 is 6.44. The van der Waals surface area contributed by atoms with Crippen LogP contribution in [-0.2, 0) is 5.41 Å². The number of rotatable bonds is 17. The summed E-state index contributed by atoms with van der Waals surface area (Å²) in [5, 5.41) is 0. The molecular formula is C80H90N2OSi. The number of anilines is 3. The van der Waals surface area contributed by atoms with Crippen molar-refractivity contribution >= 4 is 37.5 Å². The molecular weight excluding hydrogens is 1030 g/mol. The van der Waals surface area contributed by atoms with Gasteiger partial charge in [-0.3, -0.25) is 0 Å². The zero-order valence-corrected chi connectivity index (χ0v) is 51.9. The van der Waals surface area contributed by atoms with E-state index in [1.165, 1.54) is 143 Å². The molecule has 0 saturated heterocycles. The zero-order chi connectivity index (χ0) is 57.4. The van der Waals surface area contributed by atoms with E-state index in [1.54, 1.807) is 0 Å². The number of ether oxygens (including phenoxy) is 1. The minimum Gasteiger partial charge on any atom is -0.498 e. The average molecular weight is 1120 g/mol. The lowest BCUT2D eigenvalue weighted by molar-refractivity contribution is 0.225. The number of hydrogen-bond donors (Lipinski definition) is 0. The molecule has 0 amide bonds. The zero-order valence-electron chi connectivity index (χ0n) is 50.8. The van der Waals surface area contributed by atoms with Crippen LogP contribution in [0.2, 0.25) is 12.6 Å². The molecule has 0 spiro atoms. The van der Waals surface area contributed by atoms with Crippen LogP contribution in [0.3, 0.4) is 0 Å². The molecule has 3 nitrogen and oxygen atoms in total. The van der Waals surface area contributed by atoms with E-state index in [2.05, 4.69) is 245 Å². The van der Waals surface area contributed by atoms with Gasteiger partial charge in [0.2, 0.25) is 0 Å². The molecule has 9 unspecified atom stereocenters. The third kappa shape index (κ3) is 11.1. The second-order valence-corrected chi connectivity index (χ2v) is 30.4. The van der Waals surface area contributed by atoms with Crippen molar-refractivity contribution in [3.8, 4) is 16.9 Å². The fourth-order valence-corrected chi connectivity index (χ4v) is 18.0. The SMILES string of the molecule is C=Cc1ccc(OC[SiH](C)CCCC2(c3ccccc3)C3=CC(N(c4ccc(C5=CC[C@H](C(C)(C)C)CC5)cc4)c4ccc(-c5ccc6c(c5)C5CC(C7C=CC(C=C)CC7)CC=C5N6C5=CCCCC5)cc4)CC=C3C3C=CC=CC32)cc1. The van der Waals surface area contributed by atoms with Crippen LogP contribution < -0.4 is 14.5 Å². The van der Waals surface area contributed by atoms with Crippen LogP contribution in [0.1, 0.15) is 139 Å². The first-order chi connectivity index (χ1) is 41.1. The Hall–Kier alpha value is -6.88. The Morgan fingerprint density at radius 2 is 1.51 bits per heavy atom. The molecule has 0 aromatic heterocycles. The van der Waals surface area contributed by atoms with Gasteiger partial charge in [-0.1, -0.05) is 198 Å². The Kier molecular flexibility index (Phi) is 16.2. The van der Waals surface area contributed by atoms with Crippen LogP contribution in [0.4, 0.5) is 17.1 Å². The van der Waals surface area contributed by atoms with E-state index in [4.69, 9.17) is 4.74 Å². The molecule has 5 aromatic rings. The molecule has 1 aliphatic heterocycles. The largest absolute Gasteiger partial charge is 0.498 e. The van der Waals surface area contributed by atoms with Crippen molar-refractivity contribution in [3.63, 3.8) is 0 Å². The van der Waals surface area contributed by atoms with Gasteiger partial charge in [0.25, 0.3) is 0 Å². The molecule has 84 heavy (non-hydrogen) atoms. The van der Waals surface area contributed by atoms with Gasteiger partial charge in [-0.25, -0.2) is 0 Å². The van der Waals surface area contributed by atoms with Crippen molar-refractivity contribution in [2.45, 2.75) is 141 Å². The maximum atomic E-state index is 6.44. The summed E-state index contributed by atoms with van der Waals surface area (Å²) in [4.78, 5) is 5.38. The Balaban J connectivity index is 0.842. The first kappa shape index (κ1) is 56.3. The Morgan fingerprint density at radius 3 is 2.21 bits per heavy atom. The fourth-order valence-electron chi connectivity index (χ4n) is 16.5. The van der Waals surface area contributed by atoms with Crippen LogP contribution in [0.15, 0.2) is 230 Å². The van der Waals surface area contributed by atoms with Gasteiger partial charge < -0.3 is 14.5 Å². The van der Waals surface area contributed by atoms with Crippen molar-refractivity contribution in [1.29, 1.82) is 0 Å². The molecule has 430 valence electrons. The quantitative estimate of drug-likeness (QED) is 0.0682. The first-order valence-corrected chi connectivity index (χ1v) is 35.4. The summed E-state index contributed by atoms with van der Waals surface area (Å²) in [6, 6.07) is 48.3. The lowest BCUT2D eigenvalue weighted by atomic mass is 9.64.